The molecule has 11 heteroatoms. The molecule has 2 unspecified atom stereocenters. The molecule has 1 saturated heterocycles. The fourth-order valence-electron chi connectivity index (χ4n) is 6.34. The van der Waals surface area contributed by atoms with Crippen molar-refractivity contribution in [3.8, 4) is 11.4 Å². The summed E-state index contributed by atoms with van der Waals surface area (Å²) in [5.41, 5.74) is -0.817. The standard InChI is InChI=1S/C29H34F3N5O3/c1-17(38)34-23-10-6-19(7-11-23)27-35-26(36-40-27)20-12-22(14-33-13-20)29(39,28(2)15-37(3)16-28)21-8-4-18(5-9-21)24(30)25(31)32/h4-5,8-9,12-14,19,23-25,39H,6-7,10-11,15-16H2,1-3H3,(H,34,38). The third kappa shape index (κ3) is 5.24. The zero-order valence-corrected chi connectivity index (χ0v) is 22.8. The first-order chi connectivity index (χ1) is 19.0. The van der Waals surface area contributed by atoms with Crippen LogP contribution in [0.15, 0.2) is 47.2 Å². The van der Waals surface area contributed by atoms with Crippen molar-refractivity contribution in [2.75, 3.05) is 20.1 Å². The average Bonchev–Trinajstić information content (AvgIpc) is 3.42. The van der Waals surface area contributed by atoms with Crippen molar-refractivity contribution in [2.45, 2.75) is 69.7 Å². The summed E-state index contributed by atoms with van der Waals surface area (Å²) in [6, 6.07) is 7.53. The highest BCUT2D eigenvalue weighted by atomic mass is 19.3. The summed E-state index contributed by atoms with van der Waals surface area (Å²) in [6.45, 7) is 4.62. The number of hydrogen-bond donors (Lipinski definition) is 2. The van der Waals surface area contributed by atoms with Gasteiger partial charge in [0, 0.05) is 60.9 Å². The van der Waals surface area contributed by atoms with Crippen LogP contribution in [0.25, 0.3) is 11.4 Å². The molecule has 0 radical (unpaired) electrons. The van der Waals surface area contributed by atoms with Gasteiger partial charge in [0.25, 0.3) is 6.43 Å². The molecule has 1 aromatic carbocycles. The van der Waals surface area contributed by atoms with Gasteiger partial charge in [0.2, 0.25) is 17.6 Å². The Balaban J connectivity index is 1.43. The normalized spacial score (nSPS) is 23.3. The van der Waals surface area contributed by atoms with E-state index in [0.29, 0.717) is 41.5 Å². The number of pyridine rings is 1. The number of aliphatic hydroxyl groups is 1. The maximum absolute atomic E-state index is 13.9. The highest BCUT2D eigenvalue weighted by Gasteiger charge is 2.55. The van der Waals surface area contributed by atoms with Gasteiger partial charge in [-0.3, -0.25) is 9.78 Å². The Bertz CT molecular complexity index is 1340. The molecular weight excluding hydrogens is 523 g/mol. The van der Waals surface area contributed by atoms with Gasteiger partial charge >= 0.3 is 0 Å². The number of carbonyl (C=O) groups is 1. The summed E-state index contributed by atoms with van der Waals surface area (Å²) in [6.07, 6.45) is 0.941. The quantitative estimate of drug-likeness (QED) is 0.412. The molecule has 2 fully saturated rings. The average molecular weight is 558 g/mol. The molecule has 1 aliphatic carbocycles. The summed E-state index contributed by atoms with van der Waals surface area (Å²) in [5.74, 6) is 0.933. The smallest absolute Gasteiger partial charge is 0.273 e. The van der Waals surface area contributed by atoms with E-state index in [-0.39, 0.29) is 23.4 Å². The molecule has 3 aromatic rings. The van der Waals surface area contributed by atoms with Crippen molar-refractivity contribution in [1.29, 1.82) is 0 Å². The molecule has 0 bridgehead atoms. The van der Waals surface area contributed by atoms with Gasteiger partial charge in [0.15, 0.2) is 6.17 Å². The lowest BCUT2D eigenvalue weighted by Gasteiger charge is -2.55. The minimum absolute atomic E-state index is 0.0334. The van der Waals surface area contributed by atoms with E-state index in [1.165, 1.54) is 31.2 Å². The van der Waals surface area contributed by atoms with Gasteiger partial charge in [-0.25, -0.2) is 13.2 Å². The van der Waals surface area contributed by atoms with Crippen LogP contribution in [0.5, 0.6) is 0 Å². The van der Waals surface area contributed by atoms with Crippen molar-refractivity contribution in [3.63, 3.8) is 0 Å². The maximum atomic E-state index is 13.9. The number of hydrogen-bond acceptors (Lipinski definition) is 7. The highest BCUT2D eigenvalue weighted by Crippen LogP contribution is 2.50. The number of aromatic nitrogens is 3. The van der Waals surface area contributed by atoms with Crippen LogP contribution in [0.3, 0.4) is 0 Å². The Labute approximate surface area is 231 Å². The molecule has 2 aliphatic rings. The van der Waals surface area contributed by atoms with Gasteiger partial charge in [-0.2, -0.15) is 4.98 Å². The van der Waals surface area contributed by atoms with Crippen molar-refractivity contribution in [3.05, 3.63) is 65.3 Å². The third-order valence-corrected chi connectivity index (χ3v) is 8.32. The van der Waals surface area contributed by atoms with Crippen LogP contribution in [0.4, 0.5) is 13.2 Å². The van der Waals surface area contributed by atoms with Crippen LogP contribution in [0, 0.1) is 5.41 Å². The molecule has 2 aromatic heterocycles. The van der Waals surface area contributed by atoms with E-state index >= 15 is 0 Å². The van der Waals surface area contributed by atoms with Crippen LogP contribution in [0.2, 0.25) is 0 Å². The van der Waals surface area contributed by atoms with E-state index in [1.54, 1.807) is 18.5 Å². The number of nitrogens with one attached hydrogen (secondary N) is 1. The van der Waals surface area contributed by atoms with E-state index in [0.717, 1.165) is 25.7 Å². The number of alkyl halides is 3. The summed E-state index contributed by atoms with van der Waals surface area (Å²) < 4.78 is 45.4. The topological polar surface area (TPSA) is 104 Å². The molecule has 40 heavy (non-hydrogen) atoms. The molecule has 1 amide bonds. The summed E-state index contributed by atoms with van der Waals surface area (Å²) in [7, 11) is 1.95. The molecule has 5 rings (SSSR count). The van der Waals surface area contributed by atoms with E-state index in [1.807, 2.05) is 14.0 Å². The number of benzene rings is 1. The lowest BCUT2D eigenvalue weighted by molar-refractivity contribution is -0.127. The number of nitrogens with zero attached hydrogens (tertiary/aromatic N) is 4. The second-order valence-corrected chi connectivity index (χ2v) is 11.5. The lowest BCUT2D eigenvalue weighted by Crippen LogP contribution is -2.63. The largest absolute Gasteiger partial charge is 0.380 e. The summed E-state index contributed by atoms with van der Waals surface area (Å²) in [5, 5.41) is 19.5. The summed E-state index contributed by atoms with van der Waals surface area (Å²) >= 11 is 0. The molecule has 2 atom stereocenters. The van der Waals surface area contributed by atoms with Crippen LogP contribution in [-0.4, -0.2) is 63.6 Å². The number of amides is 1. The van der Waals surface area contributed by atoms with E-state index in [2.05, 4.69) is 25.3 Å². The minimum atomic E-state index is -3.13. The predicted molar refractivity (Wildman–Crippen MR) is 141 cm³/mol. The molecule has 1 aliphatic heterocycles. The van der Waals surface area contributed by atoms with E-state index in [4.69, 9.17) is 4.52 Å². The van der Waals surface area contributed by atoms with E-state index in [9.17, 15) is 23.1 Å². The molecule has 3 heterocycles. The first-order valence-electron chi connectivity index (χ1n) is 13.5. The van der Waals surface area contributed by atoms with Gasteiger partial charge in [-0.1, -0.05) is 36.3 Å². The van der Waals surface area contributed by atoms with Crippen molar-refractivity contribution in [2.24, 2.45) is 5.41 Å². The van der Waals surface area contributed by atoms with Gasteiger partial charge < -0.3 is 19.8 Å². The SMILES string of the molecule is CC(=O)NC1CCC(c2nc(-c3cncc(C(O)(c4ccc(C(F)C(F)F)cc4)C4(C)CN(C)C4)c3)no2)CC1. The first-order valence-corrected chi connectivity index (χ1v) is 13.5. The number of halogens is 3. The van der Waals surface area contributed by atoms with Gasteiger partial charge in [0.1, 0.15) is 5.60 Å². The Hall–Kier alpha value is -3.31. The highest BCUT2D eigenvalue weighted by molar-refractivity contribution is 5.73. The number of rotatable bonds is 8. The van der Waals surface area contributed by atoms with Crippen LogP contribution in [-0.2, 0) is 10.4 Å². The molecule has 2 N–H and O–H groups in total. The number of carbonyl (C=O) groups excluding carboxylic acids is 1. The van der Waals surface area contributed by atoms with Crippen molar-refractivity contribution < 1.29 is 27.6 Å². The van der Waals surface area contributed by atoms with Crippen LogP contribution >= 0.6 is 0 Å². The third-order valence-electron chi connectivity index (χ3n) is 8.32. The van der Waals surface area contributed by atoms with Crippen molar-refractivity contribution >= 4 is 5.91 Å². The molecule has 0 spiro atoms. The fourth-order valence-corrected chi connectivity index (χ4v) is 6.34. The second kappa shape index (κ2) is 10.9. The molecule has 214 valence electrons. The molecule has 8 nitrogen and oxygen atoms in total. The molecular formula is C29H34F3N5O3. The maximum Gasteiger partial charge on any atom is 0.273 e. The summed E-state index contributed by atoms with van der Waals surface area (Å²) in [4.78, 5) is 22.4. The Morgan fingerprint density at radius 3 is 2.40 bits per heavy atom. The van der Waals surface area contributed by atoms with Crippen LogP contribution < -0.4 is 5.32 Å². The van der Waals surface area contributed by atoms with Crippen LogP contribution in [0.1, 0.15) is 74.2 Å². The van der Waals surface area contributed by atoms with Gasteiger partial charge in [-0.05, 0) is 49.9 Å². The Morgan fingerprint density at radius 1 is 1.12 bits per heavy atom. The number of likely N-dealkylation sites (tertiary alicyclic amines) is 1. The Morgan fingerprint density at radius 2 is 1.80 bits per heavy atom. The lowest BCUT2D eigenvalue weighted by atomic mass is 9.62. The minimum Gasteiger partial charge on any atom is -0.380 e. The monoisotopic (exact) mass is 557 g/mol. The van der Waals surface area contributed by atoms with Crippen molar-refractivity contribution in [1.82, 2.24) is 25.3 Å². The first kappa shape index (κ1) is 28.2. The molecule has 1 saturated carbocycles. The zero-order valence-electron chi connectivity index (χ0n) is 22.8. The van der Waals surface area contributed by atoms with Gasteiger partial charge in [0.05, 0.1) is 0 Å². The second-order valence-electron chi connectivity index (χ2n) is 11.5. The predicted octanol–water partition coefficient (Wildman–Crippen LogP) is 4.76. The fraction of sp³-hybridized carbons (Fsp3) is 0.517. The Kier molecular flexibility index (Phi) is 7.71. The van der Waals surface area contributed by atoms with Gasteiger partial charge in [-0.15, -0.1) is 0 Å². The van der Waals surface area contributed by atoms with E-state index < -0.39 is 23.6 Å². The zero-order chi connectivity index (χ0) is 28.7.